The van der Waals surface area contributed by atoms with E-state index in [1.54, 1.807) is 9.13 Å². The van der Waals surface area contributed by atoms with Gasteiger partial charge in [-0.25, -0.2) is 4.79 Å². The molecule has 6 heteroatoms. The minimum atomic E-state index is -0.107. The molecular weight excluding hydrogens is 292 g/mol. The molecule has 1 aliphatic heterocycles. The van der Waals surface area contributed by atoms with E-state index in [9.17, 15) is 9.59 Å². The van der Waals surface area contributed by atoms with Gasteiger partial charge in [0, 0.05) is 25.7 Å². The van der Waals surface area contributed by atoms with E-state index in [1.165, 1.54) is 0 Å². The van der Waals surface area contributed by atoms with Crippen LogP contribution in [0.3, 0.4) is 0 Å². The Balaban J connectivity index is 1.88. The van der Waals surface area contributed by atoms with Gasteiger partial charge >= 0.3 is 5.69 Å². The molecule has 0 aliphatic carbocycles. The summed E-state index contributed by atoms with van der Waals surface area (Å²) in [6.45, 7) is 4.16. The molecule has 23 heavy (non-hydrogen) atoms. The minimum absolute atomic E-state index is 0.0195. The average Bonchev–Trinajstić information content (AvgIpc) is 2.86. The number of aryl methyl sites for hydroxylation is 1. The van der Waals surface area contributed by atoms with E-state index < -0.39 is 0 Å². The van der Waals surface area contributed by atoms with Gasteiger partial charge in [-0.2, -0.15) is 0 Å². The van der Waals surface area contributed by atoms with Crippen molar-refractivity contribution in [3.05, 3.63) is 34.7 Å². The molecule has 2 aromatic rings. The molecule has 0 saturated carbocycles. The summed E-state index contributed by atoms with van der Waals surface area (Å²) in [7, 11) is 1.93. The molecule has 1 N–H and O–H groups in total. The largest absolute Gasteiger partial charge is 0.340 e. The maximum absolute atomic E-state index is 12.7. The first-order chi connectivity index (χ1) is 11.2. The number of likely N-dealkylation sites (N-methyl/N-ethyl adjacent to an activating group) is 1. The number of nitrogens with one attached hydrogen (secondary N) is 1. The zero-order valence-electron chi connectivity index (χ0n) is 13.8. The van der Waals surface area contributed by atoms with E-state index in [0.717, 1.165) is 37.0 Å². The van der Waals surface area contributed by atoms with Crippen molar-refractivity contribution in [2.45, 2.75) is 38.9 Å². The van der Waals surface area contributed by atoms with Crippen molar-refractivity contribution in [2.24, 2.45) is 0 Å². The van der Waals surface area contributed by atoms with Crippen LogP contribution in [0.25, 0.3) is 11.0 Å². The number of fused-ring (bicyclic) bond motifs is 1. The zero-order valence-corrected chi connectivity index (χ0v) is 13.8. The highest BCUT2D eigenvalue weighted by molar-refractivity contribution is 5.81. The van der Waals surface area contributed by atoms with Crippen LogP contribution in [0.5, 0.6) is 0 Å². The molecule has 0 radical (unpaired) electrons. The van der Waals surface area contributed by atoms with Crippen molar-refractivity contribution >= 4 is 16.9 Å². The maximum atomic E-state index is 12.7. The summed E-state index contributed by atoms with van der Waals surface area (Å²) in [4.78, 5) is 27.1. The van der Waals surface area contributed by atoms with Gasteiger partial charge in [-0.1, -0.05) is 12.1 Å². The minimum Gasteiger partial charge on any atom is -0.340 e. The quantitative estimate of drug-likeness (QED) is 0.917. The van der Waals surface area contributed by atoms with Crippen molar-refractivity contribution < 1.29 is 4.79 Å². The maximum Gasteiger partial charge on any atom is 0.329 e. The number of carbonyl (C=O) groups excluding carboxylic acids is 1. The number of amides is 1. The second kappa shape index (κ2) is 6.58. The molecule has 1 saturated heterocycles. The number of benzene rings is 1. The number of piperidine rings is 1. The van der Waals surface area contributed by atoms with E-state index in [4.69, 9.17) is 0 Å². The predicted molar refractivity (Wildman–Crippen MR) is 90.5 cm³/mol. The van der Waals surface area contributed by atoms with Crippen molar-refractivity contribution in [3.8, 4) is 0 Å². The van der Waals surface area contributed by atoms with Crippen LogP contribution in [0.2, 0.25) is 0 Å². The Hall–Kier alpha value is -2.08. The lowest BCUT2D eigenvalue weighted by atomic mass is 10.1. The number of rotatable bonds is 4. The molecule has 6 nitrogen and oxygen atoms in total. The van der Waals surface area contributed by atoms with Gasteiger partial charge in [0.2, 0.25) is 5.91 Å². The zero-order chi connectivity index (χ0) is 16.4. The van der Waals surface area contributed by atoms with Crippen molar-refractivity contribution in [1.82, 2.24) is 19.4 Å². The van der Waals surface area contributed by atoms with Gasteiger partial charge in [0.25, 0.3) is 0 Å². The third-order valence-corrected chi connectivity index (χ3v) is 4.72. The number of likely N-dealkylation sites (tertiary alicyclic amines) is 1. The topological polar surface area (TPSA) is 59.3 Å². The molecule has 1 unspecified atom stereocenters. The molecule has 1 atom stereocenters. The van der Waals surface area contributed by atoms with Crippen molar-refractivity contribution in [3.63, 3.8) is 0 Å². The van der Waals surface area contributed by atoms with Crippen LogP contribution < -0.4 is 11.0 Å². The number of hydrogen-bond donors (Lipinski definition) is 1. The molecule has 1 aromatic carbocycles. The SMILES string of the molecule is CCn1c(=O)n(CC(=O)N2CCCC(NC)C2)c2ccccc21. The van der Waals surface area contributed by atoms with E-state index in [2.05, 4.69) is 5.32 Å². The Morgan fingerprint density at radius 3 is 2.61 bits per heavy atom. The molecular formula is C17H24N4O2. The third-order valence-electron chi connectivity index (χ3n) is 4.72. The molecule has 1 aromatic heterocycles. The lowest BCUT2D eigenvalue weighted by Gasteiger charge is -2.32. The lowest BCUT2D eigenvalue weighted by molar-refractivity contribution is -0.133. The number of nitrogens with zero attached hydrogens (tertiary/aromatic N) is 3. The van der Waals surface area contributed by atoms with Crippen LogP contribution in [-0.4, -0.2) is 46.1 Å². The smallest absolute Gasteiger partial charge is 0.329 e. The molecule has 0 bridgehead atoms. The molecule has 1 fully saturated rings. The molecule has 124 valence electrons. The van der Waals surface area contributed by atoms with Gasteiger partial charge in [0.1, 0.15) is 6.54 Å². The highest BCUT2D eigenvalue weighted by Crippen LogP contribution is 2.14. The highest BCUT2D eigenvalue weighted by atomic mass is 16.2. The first kappa shape index (κ1) is 15.8. The fourth-order valence-electron chi connectivity index (χ4n) is 3.41. The van der Waals surface area contributed by atoms with Gasteiger partial charge in [-0.05, 0) is 38.9 Å². The second-order valence-corrected chi connectivity index (χ2v) is 6.07. The van der Waals surface area contributed by atoms with Crippen LogP contribution in [0.1, 0.15) is 19.8 Å². The summed E-state index contributed by atoms with van der Waals surface area (Å²) >= 11 is 0. The Labute approximate surface area is 135 Å². The monoisotopic (exact) mass is 316 g/mol. The lowest BCUT2D eigenvalue weighted by Crippen LogP contribution is -2.48. The number of hydrogen-bond acceptors (Lipinski definition) is 3. The van der Waals surface area contributed by atoms with Gasteiger partial charge in [-0.3, -0.25) is 13.9 Å². The van der Waals surface area contributed by atoms with E-state index in [0.29, 0.717) is 12.6 Å². The molecule has 0 spiro atoms. The summed E-state index contributed by atoms with van der Waals surface area (Å²) in [6, 6.07) is 8.01. The summed E-state index contributed by atoms with van der Waals surface area (Å²) in [5.41, 5.74) is 1.61. The van der Waals surface area contributed by atoms with Crippen LogP contribution in [0, 0.1) is 0 Å². The van der Waals surface area contributed by atoms with E-state index >= 15 is 0 Å². The standard InChI is InChI=1S/C17H24N4O2/c1-3-20-14-8-4-5-9-15(14)21(17(20)23)12-16(22)19-10-6-7-13(11-19)18-2/h4-5,8-9,13,18H,3,6-7,10-12H2,1-2H3. The summed E-state index contributed by atoms with van der Waals surface area (Å²) in [5, 5.41) is 3.24. The molecule has 1 aliphatic rings. The predicted octanol–water partition coefficient (Wildman–Crippen LogP) is 1.03. The number of carbonyl (C=O) groups is 1. The van der Waals surface area contributed by atoms with Crippen molar-refractivity contribution in [2.75, 3.05) is 20.1 Å². The average molecular weight is 316 g/mol. The Bertz CT molecular complexity index is 762. The highest BCUT2D eigenvalue weighted by Gasteiger charge is 2.24. The van der Waals surface area contributed by atoms with Gasteiger partial charge in [0.15, 0.2) is 0 Å². The second-order valence-electron chi connectivity index (χ2n) is 6.07. The molecule has 1 amide bonds. The van der Waals surface area contributed by atoms with Crippen LogP contribution >= 0.6 is 0 Å². The number of aromatic nitrogens is 2. The molecule has 3 rings (SSSR count). The van der Waals surface area contributed by atoms with Gasteiger partial charge < -0.3 is 10.2 Å². The van der Waals surface area contributed by atoms with Crippen LogP contribution in [-0.2, 0) is 17.9 Å². The third kappa shape index (κ3) is 2.91. The Morgan fingerprint density at radius 2 is 1.96 bits per heavy atom. The Morgan fingerprint density at radius 1 is 1.26 bits per heavy atom. The van der Waals surface area contributed by atoms with Gasteiger partial charge in [0.05, 0.1) is 11.0 Å². The van der Waals surface area contributed by atoms with Gasteiger partial charge in [-0.15, -0.1) is 0 Å². The summed E-state index contributed by atoms with van der Waals surface area (Å²) in [6.07, 6.45) is 2.10. The summed E-state index contributed by atoms with van der Waals surface area (Å²) in [5.74, 6) is 0.0195. The molecule has 2 heterocycles. The van der Waals surface area contributed by atoms with Crippen LogP contribution in [0.15, 0.2) is 29.1 Å². The first-order valence-electron chi connectivity index (χ1n) is 8.28. The summed E-state index contributed by atoms with van der Waals surface area (Å²) < 4.78 is 3.32. The fourth-order valence-corrected chi connectivity index (χ4v) is 3.41. The van der Waals surface area contributed by atoms with E-state index in [-0.39, 0.29) is 18.1 Å². The number of para-hydroxylation sites is 2. The normalized spacial score (nSPS) is 18.5. The Kier molecular flexibility index (Phi) is 4.52. The fraction of sp³-hybridized carbons (Fsp3) is 0.529. The van der Waals surface area contributed by atoms with Crippen molar-refractivity contribution in [1.29, 1.82) is 0 Å². The number of imidazole rings is 1. The van der Waals surface area contributed by atoms with Crippen LogP contribution in [0.4, 0.5) is 0 Å². The first-order valence-corrected chi connectivity index (χ1v) is 8.28. The van der Waals surface area contributed by atoms with E-state index in [1.807, 2.05) is 43.1 Å².